The summed E-state index contributed by atoms with van der Waals surface area (Å²) in [4.78, 5) is 12.0. The quantitative estimate of drug-likeness (QED) is 0.668. The fraction of sp³-hybridized carbons (Fsp3) is 0.111. The Bertz CT molecular complexity index is 950. The van der Waals surface area contributed by atoms with Gasteiger partial charge >= 0.3 is 0 Å². The third-order valence-corrected chi connectivity index (χ3v) is 4.18. The van der Waals surface area contributed by atoms with Gasteiger partial charge in [-0.15, -0.1) is 10.2 Å². The van der Waals surface area contributed by atoms with Crippen molar-refractivity contribution in [1.29, 1.82) is 5.26 Å². The van der Waals surface area contributed by atoms with E-state index in [0.717, 1.165) is 17.3 Å². The lowest BCUT2D eigenvalue weighted by Gasteiger charge is -2.04. The highest BCUT2D eigenvalue weighted by Gasteiger charge is 2.14. The first-order chi connectivity index (χ1) is 12.7. The van der Waals surface area contributed by atoms with E-state index in [-0.39, 0.29) is 28.3 Å². The zero-order valence-electron chi connectivity index (χ0n) is 13.5. The van der Waals surface area contributed by atoms with E-state index in [1.54, 1.807) is 42.5 Å². The molecular formula is C18H13FN4O2S. The molecule has 1 N–H and O–H groups in total. The van der Waals surface area contributed by atoms with Crippen LogP contribution in [0.15, 0.2) is 58.2 Å². The van der Waals surface area contributed by atoms with Gasteiger partial charge in [-0.2, -0.15) is 5.26 Å². The van der Waals surface area contributed by atoms with Crippen LogP contribution in [0.25, 0.3) is 11.5 Å². The Morgan fingerprint density at radius 3 is 2.69 bits per heavy atom. The minimum atomic E-state index is -0.453. The van der Waals surface area contributed by atoms with Crippen LogP contribution in [-0.2, 0) is 11.2 Å². The van der Waals surface area contributed by atoms with Crippen molar-refractivity contribution in [2.75, 3.05) is 11.1 Å². The molecule has 0 aliphatic rings. The number of halogens is 1. The summed E-state index contributed by atoms with van der Waals surface area (Å²) in [5.41, 5.74) is 1.73. The van der Waals surface area contributed by atoms with Crippen LogP contribution in [0.1, 0.15) is 5.56 Å². The molecule has 26 heavy (non-hydrogen) atoms. The van der Waals surface area contributed by atoms with Gasteiger partial charge in [0.2, 0.25) is 5.91 Å². The van der Waals surface area contributed by atoms with Crippen LogP contribution in [0, 0.1) is 17.1 Å². The molecule has 3 rings (SSSR count). The van der Waals surface area contributed by atoms with Crippen molar-refractivity contribution in [3.63, 3.8) is 0 Å². The number of aromatic nitrogens is 2. The Kier molecular flexibility index (Phi) is 5.61. The number of nitrogens with zero attached hydrogens (tertiary/aromatic N) is 3. The second-order valence-corrected chi connectivity index (χ2v) is 6.15. The van der Waals surface area contributed by atoms with Crippen LogP contribution in [0.5, 0.6) is 0 Å². The predicted octanol–water partition coefficient (Wildman–Crippen LogP) is 3.67. The normalized spacial score (nSPS) is 10.3. The van der Waals surface area contributed by atoms with Gasteiger partial charge in [-0.25, -0.2) is 4.39 Å². The van der Waals surface area contributed by atoms with Gasteiger partial charge in [0.15, 0.2) is 0 Å². The maximum Gasteiger partial charge on any atom is 0.277 e. The third-order valence-electron chi connectivity index (χ3n) is 3.36. The largest absolute Gasteiger partial charge is 0.411 e. The molecule has 1 heterocycles. The SMILES string of the molecule is N#CCc1ccc(NC(=O)CSc2nnc(-c3ccccc3F)o2)cc1. The minimum absolute atomic E-state index is 0.0683. The molecule has 3 aromatic rings. The monoisotopic (exact) mass is 368 g/mol. The lowest BCUT2D eigenvalue weighted by Crippen LogP contribution is -2.13. The number of amides is 1. The number of nitrogens with one attached hydrogen (secondary N) is 1. The van der Waals surface area contributed by atoms with Crippen LogP contribution < -0.4 is 5.32 Å². The van der Waals surface area contributed by atoms with Gasteiger partial charge in [-0.3, -0.25) is 4.79 Å². The Labute approximate surface area is 153 Å². The molecule has 0 aliphatic carbocycles. The van der Waals surface area contributed by atoms with Crippen LogP contribution in [-0.4, -0.2) is 21.9 Å². The van der Waals surface area contributed by atoms with Crippen molar-refractivity contribution < 1.29 is 13.6 Å². The zero-order valence-corrected chi connectivity index (χ0v) is 14.3. The molecule has 0 aliphatic heterocycles. The summed E-state index contributed by atoms with van der Waals surface area (Å²) in [6.45, 7) is 0. The number of nitriles is 1. The van der Waals surface area contributed by atoms with Gasteiger partial charge in [-0.05, 0) is 29.8 Å². The average Bonchev–Trinajstić information content (AvgIpc) is 3.11. The Hall–Kier alpha value is -3.18. The summed E-state index contributed by atoms with van der Waals surface area (Å²) in [7, 11) is 0. The Balaban J connectivity index is 1.55. The number of anilines is 1. The van der Waals surface area contributed by atoms with Crippen LogP contribution >= 0.6 is 11.8 Å². The van der Waals surface area contributed by atoms with E-state index in [1.807, 2.05) is 0 Å². The fourth-order valence-corrected chi connectivity index (χ4v) is 2.70. The summed E-state index contributed by atoms with van der Waals surface area (Å²) >= 11 is 1.06. The molecule has 1 aromatic heterocycles. The summed E-state index contributed by atoms with van der Waals surface area (Å²) in [6, 6.07) is 15.2. The number of benzene rings is 2. The first-order valence-corrected chi connectivity index (χ1v) is 8.61. The topological polar surface area (TPSA) is 91.8 Å². The number of thioether (sulfide) groups is 1. The number of hydrogen-bond acceptors (Lipinski definition) is 6. The average molecular weight is 368 g/mol. The second-order valence-electron chi connectivity index (χ2n) is 5.22. The lowest BCUT2D eigenvalue weighted by atomic mass is 10.1. The van der Waals surface area contributed by atoms with E-state index < -0.39 is 5.82 Å². The molecular weight excluding hydrogens is 355 g/mol. The fourth-order valence-electron chi connectivity index (χ4n) is 2.13. The van der Waals surface area contributed by atoms with Crippen LogP contribution in [0.3, 0.4) is 0 Å². The summed E-state index contributed by atoms with van der Waals surface area (Å²) in [6.07, 6.45) is 0.325. The molecule has 0 spiro atoms. The van der Waals surface area contributed by atoms with E-state index in [1.165, 1.54) is 6.07 Å². The molecule has 130 valence electrons. The smallest absolute Gasteiger partial charge is 0.277 e. The summed E-state index contributed by atoms with van der Waals surface area (Å²) in [5.74, 6) is -0.558. The van der Waals surface area contributed by atoms with Crippen molar-refractivity contribution >= 4 is 23.4 Å². The van der Waals surface area contributed by atoms with Crippen LogP contribution in [0.4, 0.5) is 10.1 Å². The van der Waals surface area contributed by atoms with Gasteiger partial charge in [0, 0.05) is 5.69 Å². The van der Waals surface area contributed by atoms with E-state index >= 15 is 0 Å². The minimum Gasteiger partial charge on any atom is -0.411 e. The lowest BCUT2D eigenvalue weighted by molar-refractivity contribution is -0.113. The van der Waals surface area contributed by atoms with Crippen LogP contribution in [0.2, 0.25) is 0 Å². The molecule has 8 heteroatoms. The van der Waals surface area contributed by atoms with Crippen molar-refractivity contribution in [1.82, 2.24) is 10.2 Å². The standard InChI is InChI=1S/C18H13FN4O2S/c19-15-4-2-1-3-14(15)17-22-23-18(25-17)26-11-16(24)21-13-7-5-12(6-8-13)9-10-20/h1-8H,9,11H2,(H,21,24). The molecule has 0 fully saturated rings. The maximum atomic E-state index is 13.7. The van der Waals surface area contributed by atoms with E-state index in [2.05, 4.69) is 21.6 Å². The Morgan fingerprint density at radius 1 is 1.19 bits per heavy atom. The molecule has 0 unspecified atom stereocenters. The highest BCUT2D eigenvalue weighted by molar-refractivity contribution is 7.99. The Morgan fingerprint density at radius 2 is 1.96 bits per heavy atom. The summed E-state index contributed by atoms with van der Waals surface area (Å²) in [5, 5.41) is 19.2. The highest BCUT2D eigenvalue weighted by Crippen LogP contribution is 2.25. The van der Waals surface area contributed by atoms with Gasteiger partial charge in [-0.1, -0.05) is 36.0 Å². The maximum absolute atomic E-state index is 13.7. The van der Waals surface area contributed by atoms with Crippen molar-refractivity contribution in [2.45, 2.75) is 11.6 Å². The molecule has 2 aromatic carbocycles. The van der Waals surface area contributed by atoms with Crippen molar-refractivity contribution in [2.24, 2.45) is 0 Å². The highest BCUT2D eigenvalue weighted by atomic mass is 32.2. The predicted molar refractivity (Wildman–Crippen MR) is 94.8 cm³/mol. The molecule has 1 amide bonds. The first-order valence-electron chi connectivity index (χ1n) is 7.62. The van der Waals surface area contributed by atoms with Crippen molar-refractivity contribution in [3.05, 3.63) is 59.9 Å². The van der Waals surface area contributed by atoms with Gasteiger partial charge in [0.1, 0.15) is 5.82 Å². The zero-order chi connectivity index (χ0) is 18.4. The van der Waals surface area contributed by atoms with E-state index in [0.29, 0.717) is 12.1 Å². The number of rotatable bonds is 6. The number of carbonyl (C=O) groups excluding carboxylic acids is 1. The molecule has 0 atom stereocenters. The van der Waals surface area contributed by atoms with Gasteiger partial charge in [0.05, 0.1) is 23.8 Å². The van der Waals surface area contributed by atoms with Gasteiger partial charge < -0.3 is 9.73 Å². The molecule has 0 saturated heterocycles. The molecule has 6 nitrogen and oxygen atoms in total. The third kappa shape index (κ3) is 4.46. The second kappa shape index (κ2) is 8.27. The number of hydrogen-bond donors (Lipinski definition) is 1. The molecule has 0 saturated carbocycles. The number of carbonyl (C=O) groups is 1. The molecule has 0 radical (unpaired) electrons. The summed E-state index contributed by atoms with van der Waals surface area (Å²) < 4.78 is 19.1. The van der Waals surface area contributed by atoms with Gasteiger partial charge in [0.25, 0.3) is 11.1 Å². The van der Waals surface area contributed by atoms with Crippen molar-refractivity contribution in [3.8, 4) is 17.5 Å². The van der Waals surface area contributed by atoms with E-state index in [9.17, 15) is 9.18 Å². The first kappa shape index (κ1) is 17.6. The van der Waals surface area contributed by atoms with E-state index in [4.69, 9.17) is 9.68 Å². The molecule has 0 bridgehead atoms.